The molecule has 2 rings (SSSR count). The van der Waals surface area contributed by atoms with Crippen LogP contribution in [0.2, 0.25) is 0 Å². The van der Waals surface area contributed by atoms with Gasteiger partial charge in [0.15, 0.2) is 0 Å². The van der Waals surface area contributed by atoms with Gasteiger partial charge in [0.05, 0.1) is 31.8 Å². The summed E-state index contributed by atoms with van der Waals surface area (Å²) >= 11 is 0. The second kappa shape index (κ2) is 9.69. The van der Waals surface area contributed by atoms with E-state index in [9.17, 15) is 9.59 Å². The number of rotatable bonds is 7. The van der Waals surface area contributed by atoms with Crippen molar-refractivity contribution in [2.24, 2.45) is 0 Å². The van der Waals surface area contributed by atoms with Crippen LogP contribution in [0.25, 0.3) is 0 Å². The summed E-state index contributed by atoms with van der Waals surface area (Å²) in [5, 5.41) is 3.04. The average molecular weight is 361 g/mol. The summed E-state index contributed by atoms with van der Waals surface area (Å²) in [5.41, 5.74) is 2.36. The SMILES string of the molecule is CCc1ccc(C(C)NC(=O)C(C)N(C)CC(=O)N2CCOCC2)cc1. The molecule has 2 amide bonds. The molecule has 2 unspecified atom stereocenters. The molecule has 0 spiro atoms. The monoisotopic (exact) mass is 361 g/mol. The Morgan fingerprint density at radius 2 is 1.81 bits per heavy atom. The van der Waals surface area contributed by atoms with E-state index < -0.39 is 0 Å². The molecule has 1 fully saturated rings. The Labute approximate surface area is 156 Å². The van der Waals surface area contributed by atoms with E-state index in [2.05, 4.69) is 36.5 Å². The van der Waals surface area contributed by atoms with Crippen LogP contribution in [-0.4, -0.2) is 67.6 Å². The number of hydrogen-bond donors (Lipinski definition) is 1. The first kappa shape index (κ1) is 20.4. The number of nitrogens with zero attached hydrogens (tertiary/aromatic N) is 2. The molecule has 0 aliphatic carbocycles. The van der Waals surface area contributed by atoms with Gasteiger partial charge < -0.3 is 15.0 Å². The maximum absolute atomic E-state index is 12.6. The second-order valence-corrected chi connectivity index (χ2v) is 6.91. The molecule has 0 bridgehead atoms. The molecule has 1 heterocycles. The summed E-state index contributed by atoms with van der Waals surface area (Å²) in [6.45, 7) is 8.57. The molecular weight excluding hydrogens is 330 g/mol. The minimum Gasteiger partial charge on any atom is -0.378 e. The highest BCUT2D eigenvalue weighted by Crippen LogP contribution is 2.14. The quantitative estimate of drug-likeness (QED) is 0.801. The minimum atomic E-state index is -0.377. The van der Waals surface area contributed by atoms with Crippen LogP contribution in [0.5, 0.6) is 0 Å². The molecule has 0 saturated carbocycles. The number of likely N-dealkylation sites (N-methyl/N-ethyl adjacent to an activating group) is 1. The summed E-state index contributed by atoms with van der Waals surface area (Å²) < 4.78 is 5.27. The maximum atomic E-state index is 12.6. The van der Waals surface area contributed by atoms with Crippen molar-refractivity contribution in [2.75, 3.05) is 39.9 Å². The molecule has 0 aromatic heterocycles. The molecular formula is C20H31N3O3. The van der Waals surface area contributed by atoms with Gasteiger partial charge in [-0.15, -0.1) is 0 Å². The number of ether oxygens (including phenoxy) is 1. The van der Waals surface area contributed by atoms with Crippen molar-refractivity contribution in [3.8, 4) is 0 Å². The predicted molar refractivity (Wildman–Crippen MR) is 102 cm³/mol. The van der Waals surface area contributed by atoms with Crippen LogP contribution in [0, 0.1) is 0 Å². The molecule has 0 radical (unpaired) electrons. The molecule has 1 aliphatic heterocycles. The summed E-state index contributed by atoms with van der Waals surface area (Å²) in [6.07, 6.45) is 1.00. The van der Waals surface area contributed by atoms with Gasteiger partial charge in [0.2, 0.25) is 11.8 Å². The van der Waals surface area contributed by atoms with Gasteiger partial charge in [-0.05, 0) is 38.4 Å². The van der Waals surface area contributed by atoms with Crippen molar-refractivity contribution in [3.05, 3.63) is 35.4 Å². The van der Waals surface area contributed by atoms with Crippen LogP contribution in [0.15, 0.2) is 24.3 Å². The highest BCUT2D eigenvalue weighted by atomic mass is 16.5. The Balaban J connectivity index is 1.85. The Bertz CT molecular complexity index is 597. The van der Waals surface area contributed by atoms with E-state index in [-0.39, 0.29) is 30.4 Å². The van der Waals surface area contributed by atoms with Crippen LogP contribution < -0.4 is 5.32 Å². The van der Waals surface area contributed by atoms with Gasteiger partial charge in [-0.2, -0.15) is 0 Å². The van der Waals surface area contributed by atoms with Gasteiger partial charge in [-0.25, -0.2) is 0 Å². The van der Waals surface area contributed by atoms with Crippen LogP contribution in [0.3, 0.4) is 0 Å². The van der Waals surface area contributed by atoms with Crippen molar-refractivity contribution in [1.82, 2.24) is 15.1 Å². The fourth-order valence-corrected chi connectivity index (χ4v) is 2.92. The van der Waals surface area contributed by atoms with E-state index in [1.54, 1.807) is 9.80 Å². The molecule has 1 N–H and O–H groups in total. The van der Waals surface area contributed by atoms with Crippen LogP contribution >= 0.6 is 0 Å². The normalized spacial score (nSPS) is 17.0. The Kier molecular flexibility index (Phi) is 7.60. The minimum absolute atomic E-state index is 0.0404. The van der Waals surface area contributed by atoms with Crippen molar-refractivity contribution >= 4 is 11.8 Å². The lowest BCUT2D eigenvalue weighted by Gasteiger charge is -2.30. The molecule has 2 atom stereocenters. The number of benzene rings is 1. The number of nitrogens with one attached hydrogen (secondary N) is 1. The summed E-state index contributed by atoms with van der Waals surface area (Å²) in [4.78, 5) is 28.5. The third-order valence-electron chi connectivity index (χ3n) is 5.04. The maximum Gasteiger partial charge on any atom is 0.237 e. The first-order valence-electron chi connectivity index (χ1n) is 9.37. The number of carbonyl (C=O) groups excluding carboxylic acids is 2. The molecule has 1 aliphatic rings. The first-order chi connectivity index (χ1) is 12.4. The predicted octanol–water partition coefficient (Wildman–Crippen LogP) is 1.61. The van der Waals surface area contributed by atoms with Gasteiger partial charge in [0, 0.05) is 13.1 Å². The van der Waals surface area contributed by atoms with Crippen LogP contribution in [0.4, 0.5) is 0 Å². The molecule has 1 saturated heterocycles. The number of amides is 2. The van der Waals surface area contributed by atoms with E-state index in [1.807, 2.05) is 20.9 Å². The summed E-state index contributed by atoms with van der Waals surface area (Å²) in [7, 11) is 1.81. The van der Waals surface area contributed by atoms with E-state index in [0.29, 0.717) is 26.3 Å². The van der Waals surface area contributed by atoms with Crippen LogP contribution in [0.1, 0.15) is 37.9 Å². The zero-order chi connectivity index (χ0) is 19.1. The lowest BCUT2D eigenvalue weighted by molar-refractivity contribution is -0.137. The topological polar surface area (TPSA) is 61.9 Å². The standard InChI is InChI=1S/C20H31N3O3/c1-5-17-6-8-18(9-7-17)15(2)21-20(25)16(3)22(4)14-19(24)23-10-12-26-13-11-23/h6-9,15-16H,5,10-14H2,1-4H3,(H,21,25). The highest BCUT2D eigenvalue weighted by molar-refractivity contribution is 5.83. The van der Waals surface area contributed by atoms with E-state index >= 15 is 0 Å². The lowest BCUT2D eigenvalue weighted by Crippen LogP contribution is -2.50. The van der Waals surface area contributed by atoms with Gasteiger partial charge in [-0.1, -0.05) is 31.2 Å². The number of aryl methyl sites for hydroxylation is 1. The summed E-state index contributed by atoms with van der Waals surface area (Å²) in [6, 6.07) is 7.85. The van der Waals surface area contributed by atoms with E-state index in [0.717, 1.165) is 12.0 Å². The Morgan fingerprint density at radius 1 is 1.19 bits per heavy atom. The van der Waals surface area contributed by atoms with Crippen molar-refractivity contribution in [3.63, 3.8) is 0 Å². The fraction of sp³-hybridized carbons (Fsp3) is 0.600. The zero-order valence-electron chi connectivity index (χ0n) is 16.3. The smallest absolute Gasteiger partial charge is 0.237 e. The zero-order valence-corrected chi connectivity index (χ0v) is 16.3. The molecule has 6 nitrogen and oxygen atoms in total. The molecule has 26 heavy (non-hydrogen) atoms. The molecule has 144 valence electrons. The van der Waals surface area contributed by atoms with Gasteiger partial charge in [0.25, 0.3) is 0 Å². The largest absolute Gasteiger partial charge is 0.378 e. The highest BCUT2D eigenvalue weighted by Gasteiger charge is 2.24. The summed E-state index contributed by atoms with van der Waals surface area (Å²) in [5.74, 6) is -0.0343. The van der Waals surface area contributed by atoms with Crippen molar-refractivity contribution in [1.29, 1.82) is 0 Å². The molecule has 6 heteroatoms. The van der Waals surface area contributed by atoms with Gasteiger partial charge in [0.1, 0.15) is 0 Å². The molecule has 1 aromatic rings. The number of carbonyl (C=O) groups is 2. The Hall–Kier alpha value is -1.92. The third kappa shape index (κ3) is 5.54. The fourth-order valence-electron chi connectivity index (χ4n) is 2.92. The number of morpholine rings is 1. The average Bonchev–Trinajstić information content (AvgIpc) is 2.67. The number of hydrogen-bond acceptors (Lipinski definition) is 4. The van der Waals surface area contributed by atoms with E-state index in [4.69, 9.17) is 4.74 Å². The van der Waals surface area contributed by atoms with Gasteiger partial charge in [-0.3, -0.25) is 14.5 Å². The Morgan fingerprint density at radius 3 is 2.38 bits per heavy atom. The van der Waals surface area contributed by atoms with Crippen molar-refractivity contribution < 1.29 is 14.3 Å². The lowest BCUT2D eigenvalue weighted by atomic mass is 10.0. The van der Waals surface area contributed by atoms with Crippen molar-refractivity contribution in [2.45, 2.75) is 39.3 Å². The molecule has 1 aromatic carbocycles. The van der Waals surface area contributed by atoms with Gasteiger partial charge >= 0.3 is 0 Å². The third-order valence-corrected chi connectivity index (χ3v) is 5.04. The van der Waals surface area contributed by atoms with Crippen LogP contribution in [-0.2, 0) is 20.7 Å². The first-order valence-corrected chi connectivity index (χ1v) is 9.37. The second-order valence-electron chi connectivity index (χ2n) is 6.91. The van der Waals surface area contributed by atoms with E-state index in [1.165, 1.54) is 5.56 Å².